The number of aromatic nitrogens is 1. The van der Waals surface area contributed by atoms with Crippen LogP contribution in [-0.4, -0.2) is 21.9 Å². The lowest BCUT2D eigenvalue weighted by Crippen LogP contribution is -2.34. The van der Waals surface area contributed by atoms with Crippen LogP contribution in [0.4, 0.5) is 0 Å². The number of hydrogen-bond donors (Lipinski definition) is 3. The molecule has 7 heteroatoms. The van der Waals surface area contributed by atoms with E-state index >= 15 is 0 Å². The molecule has 0 bridgehead atoms. The van der Waals surface area contributed by atoms with Gasteiger partial charge in [0.1, 0.15) is 12.1 Å². The van der Waals surface area contributed by atoms with Crippen molar-refractivity contribution >= 4 is 13.5 Å². The number of rotatable bonds is 10. The van der Waals surface area contributed by atoms with Crippen molar-refractivity contribution < 1.29 is 23.7 Å². The maximum absolute atomic E-state index is 11.1. The highest BCUT2D eigenvalue weighted by Crippen LogP contribution is 2.35. The first-order chi connectivity index (χ1) is 9.88. The molecule has 4 N–H and O–H groups in total. The molecule has 0 saturated heterocycles. The van der Waals surface area contributed by atoms with Crippen LogP contribution in [0.2, 0.25) is 0 Å². The Balaban J connectivity index is 2.10. The molecular weight excluding hydrogens is 291 g/mol. The molecule has 21 heavy (non-hydrogen) atoms. The summed E-state index contributed by atoms with van der Waals surface area (Å²) in [5.74, 6) is -0.422. The summed E-state index contributed by atoms with van der Waals surface area (Å²) in [5.41, 5.74) is 5.74. The summed E-state index contributed by atoms with van der Waals surface area (Å²) in [6, 6.07) is 3.50. The van der Waals surface area contributed by atoms with Crippen LogP contribution in [0, 0.1) is 0 Å². The van der Waals surface area contributed by atoms with E-state index in [1.807, 2.05) is 16.8 Å². The number of primary amides is 1. The molecule has 1 rings (SSSR count). The number of carbonyl (C=O) groups excluding carboxylic acids is 1. The van der Waals surface area contributed by atoms with Crippen LogP contribution < -0.4 is 10.3 Å². The van der Waals surface area contributed by atoms with Crippen LogP contribution in [0.25, 0.3) is 0 Å². The van der Waals surface area contributed by atoms with Crippen molar-refractivity contribution in [1.29, 1.82) is 0 Å². The molecular formula is C14H24N2O4P+. The monoisotopic (exact) mass is 315 g/mol. The third-order valence-electron chi connectivity index (χ3n) is 3.26. The van der Waals surface area contributed by atoms with Crippen molar-refractivity contribution in [1.82, 2.24) is 0 Å². The number of hydrogen-bond acceptors (Lipinski definition) is 2. The van der Waals surface area contributed by atoms with Crippen LogP contribution in [0.15, 0.2) is 24.5 Å². The Morgan fingerprint density at radius 2 is 1.76 bits per heavy atom. The van der Waals surface area contributed by atoms with Gasteiger partial charge in [0.2, 0.25) is 0 Å². The average molecular weight is 315 g/mol. The molecule has 1 heterocycles. The van der Waals surface area contributed by atoms with E-state index in [0.717, 1.165) is 38.6 Å². The number of nitrogens with two attached hydrogens (primary N) is 1. The highest BCUT2D eigenvalue weighted by molar-refractivity contribution is 7.51. The van der Waals surface area contributed by atoms with Gasteiger partial charge in [0.15, 0.2) is 12.4 Å². The number of aryl methyl sites for hydroxylation is 1. The first kappa shape index (κ1) is 17.8. The Bertz CT molecular complexity index is 502. The van der Waals surface area contributed by atoms with E-state index in [2.05, 4.69) is 0 Å². The lowest BCUT2D eigenvalue weighted by molar-refractivity contribution is -0.697. The summed E-state index contributed by atoms with van der Waals surface area (Å²) < 4.78 is 12.6. The first-order valence-electron chi connectivity index (χ1n) is 7.22. The normalized spacial score (nSPS) is 11.5. The Labute approximate surface area is 125 Å². The first-order valence-corrected chi connectivity index (χ1v) is 9.02. The molecule has 0 unspecified atom stereocenters. The summed E-state index contributed by atoms with van der Waals surface area (Å²) in [6.45, 7) is 0.837. The number of nitrogens with zero attached hydrogens (tertiary/aromatic N) is 1. The fourth-order valence-corrected chi connectivity index (χ4v) is 2.76. The van der Waals surface area contributed by atoms with E-state index in [4.69, 9.17) is 15.5 Å². The zero-order chi connectivity index (χ0) is 15.7. The van der Waals surface area contributed by atoms with Gasteiger partial charge in [-0.2, -0.15) is 0 Å². The largest absolute Gasteiger partial charge is 0.365 e. The summed E-state index contributed by atoms with van der Waals surface area (Å²) >= 11 is 0. The van der Waals surface area contributed by atoms with Crippen LogP contribution in [0.5, 0.6) is 0 Å². The molecule has 0 saturated carbocycles. The maximum Gasteiger partial charge on any atom is 0.325 e. The van der Waals surface area contributed by atoms with Crippen molar-refractivity contribution in [3.8, 4) is 0 Å². The van der Waals surface area contributed by atoms with Crippen LogP contribution in [0.1, 0.15) is 48.9 Å². The fraction of sp³-hybridized carbons (Fsp3) is 0.571. The van der Waals surface area contributed by atoms with Gasteiger partial charge in [-0.3, -0.25) is 9.36 Å². The van der Waals surface area contributed by atoms with Gasteiger partial charge in [0.05, 0.1) is 0 Å². The van der Waals surface area contributed by atoms with Crippen molar-refractivity contribution in [2.45, 2.75) is 45.1 Å². The van der Waals surface area contributed by atoms with Crippen molar-refractivity contribution in [2.24, 2.45) is 5.73 Å². The zero-order valence-electron chi connectivity index (χ0n) is 12.1. The molecule has 0 spiro atoms. The van der Waals surface area contributed by atoms with Crippen LogP contribution in [-0.2, 0) is 11.1 Å². The summed E-state index contributed by atoms with van der Waals surface area (Å²) in [7, 11) is -3.82. The second-order valence-corrected chi connectivity index (χ2v) is 6.98. The number of pyridine rings is 1. The fourth-order valence-electron chi connectivity index (χ4n) is 2.13. The molecule has 0 aliphatic heterocycles. The van der Waals surface area contributed by atoms with Gasteiger partial charge < -0.3 is 15.5 Å². The smallest absolute Gasteiger partial charge is 0.325 e. The lowest BCUT2D eigenvalue weighted by Gasteiger charge is -2.03. The Morgan fingerprint density at radius 3 is 2.38 bits per heavy atom. The van der Waals surface area contributed by atoms with E-state index in [-0.39, 0.29) is 6.16 Å². The van der Waals surface area contributed by atoms with Gasteiger partial charge in [-0.25, -0.2) is 4.57 Å². The SMILES string of the molecule is NC(=O)c1ccc[n+](CCCCCCCCP(=O)(O)O)c1. The van der Waals surface area contributed by atoms with Crippen LogP contribution >= 0.6 is 7.60 Å². The van der Waals surface area contributed by atoms with Crippen molar-refractivity contribution in [3.05, 3.63) is 30.1 Å². The molecule has 1 aromatic rings. The molecule has 0 fully saturated rings. The summed E-state index contributed by atoms with van der Waals surface area (Å²) in [4.78, 5) is 28.5. The number of unbranched alkanes of at least 4 members (excludes halogenated alkanes) is 5. The molecule has 1 aromatic heterocycles. The van der Waals surface area contributed by atoms with E-state index in [9.17, 15) is 9.36 Å². The van der Waals surface area contributed by atoms with Crippen molar-refractivity contribution in [3.63, 3.8) is 0 Å². The third kappa shape index (κ3) is 8.60. The topological polar surface area (TPSA) is 105 Å². The Hall–Kier alpha value is -1.23. The quantitative estimate of drug-likeness (QED) is 0.346. The predicted molar refractivity (Wildman–Crippen MR) is 79.8 cm³/mol. The second kappa shape index (κ2) is 8.93. The predicted octanol–water partition coefficient (Wildman–Crippen LogP) is 1.59. The minimum Gasteiger partial charge on any atom is -0.365 e. The highest BCUT2D eigenvalue weighted by atomic mass is 31.2. The van der Waals surface area contributed by atoms with E-state index in [0.29, 0.717) is 12.0 Å². The Morgan fingerprint density at radius 1 is 1.14 bits per heavy atom. The van der Waals surface area contributed by atoms with Gasteiger partial charge >= 0.3 is 7.60 Å². The van der Waals surface area contributed by atoms with Gasteiger partial charge in [-0.15, -0.1) is 0 Å². The number of amides is 1. The zero-order valence-corrected chi connectivity index (χ0v) is 13.0. The third-order valence-corrected chi connectivity index (χ3v) is 4.16. The molecule has 0 atom stereocenters. The molecule has 0 aromatic carbocycles. The van der Waals surface area contributed by atoms with Gasteiger partial charge in [0, 0.05) is 18.6 Å². The molecule has 0 aliphatic carbocycles. The van der Waals surface area contributed by atoms with E-state index in [1.165, 1.54) is 0 Å². The Kier molecular flexibility index (Phi) is 7.57. The second-order valence-electron chi connectivity index (χ2n) is 5.20. The minimum atomic E-state index is -3.82. The summed E-state index contributed by atoms with van der Waals surface area (Å²) in [6.07, 6.45) is 9.20. The van der Waals surface area contributed by atoms with Crippen LogP contribution in [0.3, 0.4) is 0 Å². The van der Waals surface area contributed by atoms with Crippen molar-refractivity contribution in [2.75, 3.05) is 6.16 Å². The molecule has 6 nitrogen and oxygen atoms in total. The molecule has 1 amide bonds. The molecule has 118 valence electrons. The summed E-state index contributed by atoms with van der Waals surface area (Å²) in [5, 5.41) is 0. The van der Waals surface area contributed by atoms with Gasteiger partial charge in [0.25, 0.3) is 5.91 Å². The highest BCUT2D eigenvalue weighted by Gasteiger charge is 2.11. The molecule has 0 radical (unpaired) electrons. The maximum atomic E-state index is 11.1. The van der Waals surface area contributed by atoms with Gasteiger partial charge in [-0.1, -0.05) is 19.3 Å². The standard InChI is InChI=1S/C14H23N2O4P/c15-14(17)13-8-7-10-16(12-13)9-5-3-1-2-4-6-11-21(18,19)20/h7-8,10,12H,1-6,9,11H2,(H3-,15,17,18,19,20)/p+1. The average Bonchev–Trinajstić information content (AvgIpc) is 2.41. The van der Waals surface area contributed by atoms with E-state index < -0.39 is 13.5 Å². The van der Waals surface area contributed by atoms with Gasteiger partial charge in [-0.05, 0) is 18.9 Å². The minimum absolute atomic E-state index is 0.0111. The number of carbonyl (C=O) groups is 1. The van der Waals surface area contributed by atoms with E-state index in [1.54, 1.807) is 12.3 Å². The molecule has 0 aliphatic rings. The lowest BCUT2D eigenvalue weighted by atomic mass is 10.1.